The maximum absolute atomic E-state index is 12.0. The van der Waals surface area contributed by atoms with Gasteiger partial charge in [0.05, 0.1) is 12.1 Å². The second kappa shape index (κ2) is 3.96. The molecule has 0 atom stereocenters. The predicted octanol–water partition coefficient (Wildman–Crippen LogP) is 2.39. The van der Waals surface area contributed by atoms with Crippen LogP contribution >= 0.6 is 0 Å². The van der Waals surface area contributed by atoms with Gasteiger partial charge in [-0.1, -0.05) is 0 Å². The van der Waals surface area contributed by atoms with E-state index in [0.29, 0.717) is 5.56 Å². The number of benzene rings is 1. The van der Waals surface area contributed by atoms with Crippen molar-refractivity contribution in [2.45, 2.75) is 20.5 Å². The van der Waals surface area contributed by atoms with E-state index in [0.717, 1.165) is 33.2 Å². The zero-order valence-electron chi connectivity index (χ0n) is 11.2. The van der Waals surface area contributed by atoms with Gasteiger partial charge in [-0.2, -0.15) is 0 Å². The Morgan fingerprint density at radius 1 is 1.21 bits per heavy atom. The average Bonchev–Trinajstić information content (AvgIpc) is 2.76. The van der Waals surface area contributed by atoms with Crippen molar-refractivity contribution in [2.24, 2.45) is 7.05 Å². The number of aryl methyl sites for hydroxylation is 3. The van der Waals surface area contributed by atoms with E-state index in [4.69, 9.17) is 4.42 Å². The number of pyridine rings is 1. The minimum Gasteiger partial charge on any atom is -0.461 e. The lowest BCUT2D eigenvalue weighted by molar-refractivity contribution is 0.283. The first-order valence-electron chi connectivity index (χ1n) is 6.16. The summed E-state index contributed by atoms with van der Waals surface area (Å²) < 4.78 is 7.30. The molecule has 0 amide bonds. The molecule has 0 unspecified atom stereocenters. The summed E-state index contributed by atoms with van der Waals surface area (Å²) in [5.41, 5.74) is 3.15. The number of nitrogens with zero attached hydrogens (tertiary/aromatic N) is 1. The fraction of sp³-hybridized carbons (Fsp3) is 0.267. The molecule has 2 aromatic heterocycles. The van der Waals surface area contributed by atoms with E-state index in [-0.39, 0.29) is 12.2 Å². The standard InChI is InChI=1S/C15H15NO3/c1-8-4-11-10(7-17)6-13(18)16(3)14(11)12-5-9(2)19-15(8)12/h4-6,17H,7H2,1-3H3. The van der Waals surface area contributed by atoms with Crippen LogP contribution in [0.25, 0.3) is 21.9 Å². The van der Waals surface area contributed by atoms with Gasteiger partial charge in [0.1, 0.15) is 11.3 Å². The zero-order valence-corrected chi connectivity index (χ0v) is 11.2. The third-order valence-corrected chi connectivity index (χ3v) is 3.56. The maximum Gasteiger partial charge on any atom is 0.251 e. The molecule has 0 saturated carbocycles. The molecule has 2 heterocycles. The second-order valence-electron chi connectivity index (χ2n) is 4.91. The molecule has 98 valence electrons. The highest BCUT2D eigenvalue weighted by Crippen LogP contribution is 2.31. The number of furan rings is 1. The van der Waals surface area contributed by atoms with Crippen LogP contribution in [0, 0.1) is 13.8 Å². The van der Waals surface area contributed by atoms with Gasteiger partial charge in [-0.05, 0) is 37.1 Å². The number of aromatic nitrogens is 1. The summed E-state index contributed by atoms with van der Waals surface area (Å²) in [4.78, 5) is 12.0. The quantitative estimate of drug-likeness (QED) is 0.728. The highest BCUT2D eigenvalue weighted by Gasteiger charge is 2.14. The molecule has 0 radical (unpaired) electrons. The predicted molar refractivity (Wildman–Crippen MR) is 74.4 cm³/mol. The van der Waals surface area contributed by atoms with E-state index in [9.17, 15) is 9.90 Å². The fourth-order valence-electron chi connectivity index (χ4n) is 2.65. The Balaban J connectivity index is 2.68. The topological polar surface area (TPSA) is 55.4 Å². The Labute approximate surface area is 109 Å². The Morgan fingerprint density at radius 3 is 2.63 bits per heavy atom. The first-order valence-corrected chi connectivity index (χ1v) is 6.16. The van der Waals surface area contributed by atoms with Crippen molar-refractivity contribution in [2.75, 3.05) is 0 Å². The van der Waals surface area contributed by atoms with Crippen molar-refractivity contribution < 1.29 is 9.52 Å². The van der Waals surface area contributed by atoms with E-state index < -0.39 is 0 Å². The molecular formula is C15H15NO3. The second-order valence-corrected chi connectivity index (χ2v) is 4.91. The lowest BCUT2D eigenvalue weighted by atomic mass is 10.0. The molecular weight excluding hydrogens is 242 g/mol. The van der Waals surface area contributed by atoms with Crippen molar-refractivity contribution in [1.82, 2.24) is 4.57 Å². The van der Waals surface area contributed by atoms with Gasteiger partial charge in [0.2, 0.25) is 0 Å². The monoisotopic (exact) mass is 257 g/mol. The zero-order chi connectivity index (χ0) is 13.7. The summed E-state index contributed by atoms with van der Waals surface area (Å²) in [6.45, 7) is 3.71. The molecule has 4 heteroatoms. The smallest absolute Gasteiger partial charge is 0.251 e. The lowest BCUT2D eigenvalue weighted by Gasteiger charge is -2.10. The minimum atomic E-state index is -0.144. The molecule has 0 aliphatic carbocycles. The minimum absolute atomic E-state index is 0.124. The highest BCUT2D eigenvalue weighted by molar-refractivity contribution is 6.06. The van der Waals surface area contributed by atoms with Gasteiger partial charge < -0.3 is 14.1 Å². The first kappa shape index (κ1) is 12.0. The molecule has 4 nitrogen and oxygen atoms in total. The van der Waals surface area contributed by atoms with Gasteiger partial charge >= 0.3 is 0 Å². The van der Waals surface area contributed by atoms with Crippen LogP contribution in [0.4, 0.5) is 0 Å². The van der Waals surface area contributed by atoms with Crippen LogP contribution in [0.5, 0.6) is 0 Å². The van der Waals surface area contributed by atoms with Crippen molar-refractivity contribution in [3.63, 3.8) is 0 Å². The Kier molecular flexibility index (Phi) is 2.50. The van der Waals surface area contributed by atoms with Crippen molar-refractivity contribution in [3.05, 3.63) is 45.4 Å². The lowest BCUT2D eigenvalue weighted by Crippen LogP contribution is -2.17. The SMILES string of the molecule is Cc1cc2c(o1)c(C)cc1c(CO)cc(=O)n(C)c12. The van der Waals surface area contributed by atoms with Crippen molar-refractivity contribution in [3.8, 4) is 0 Å². The molecule has 0 aliphatic rings. The molecule has 0 spiro atoms. The number of aliphatic hydroxyl groups excluding tert-OH is 1. The van der Waals surface area contributed by atoms with Crippen LogP contribution < -0.4 is 5.56 Å². The fourth-order valence-corrected chi connectivity index (χ4v) is 2.65. The van der Waals surface area contributed by atoms with Crippen molar-refractivity contribution in [1.29, 1.82) is 0 Å². The van der Waals surface area contributed by atoms with E-state index in [2.05, 4.69) is 0 Å². The molecule has 1 aromatic carbocycles. The van der Waals surface area contributed by atoms with Crippen LogP contribution in [0.15, 0.2) is 27.4 Å². The highest BCUT2D eigenvalue weighted by atomic mass is 16.3. The summed E-state index contributed by atoms with van der Waals surface area (Å²) in [7, 11) is 1.74. The summed E-state index contributed by atoms with van der Waals surface area (Å²) in [6.07, 6.45) is 0. The average molecular weight is 257 g/mol. The Morgan fingerprint density at radius 2 is 1.95 bits per heavy atom. The summed E-state index contributed by atoms with van der Waals surface area (Å²) in [6, 6.07) is 5.39. The number of rotatable bonds is 1. The Hall–Kier alpha value is -2.07. The number of hydrogen-bond acceptors (Lipinski definition) is 3. The molecule has 3 aromatic rings. The number of aliphatic hydroxyl groups is 1. The van der Waals surface area contributed by atoms with Crippen LogP contribution in [-0.4, -0.2) is 9.67 Å². The van der Waals surface area contributed by atoms with Crippen LogP contribution in [0.1, 0.15) is 16.9 Å². The van der Waals surface area contributed by atoms with Gasteiger partial charge in [0.15, 0.2) is 0 Å². The van der Waals surface area contributed by atoms with Crippen LogP contribution in [-0.2, 0) is 13.7 Å². The van der Waals surface area contributed by atoms with Crippen molar-refractivity contribution >= 4 is 21.9 Å². The third-order valence-electron chi connectivity index (χ3n) is 3.56. The van der Waals surface area contributed by atoms with Gasteiger partial charge in [-0.3, -0.25) is 4.79 Å². The molecule has 3 rings (SSSR count). The molecule has 0 bridgehead atoms. The first-order chi connectivity index (χ1) is 9.02. The number of hydrogen-bond donors (Lipinski definition) is 1. The van der Waals surface area contributed by atoms with Gasteiger partial charge in [-0.25, -0.2) is 0 Å². The van der Waals surface area contributed by atoms with E-state index in [1.807, 2.05) is 26.0 Å². The van der Waals surface area contributed by atoms with Gasteiger partial charge in [0.25, 0.3) is 5.56 Å². The largest absolute Gasteiger partial charge is 0.461 e. The van der Waals surface area contributed by atoms with Gasteiger partial charge in [-0.15, -0.1) is 0 Å². The molecule has 0 fully saturated rings. The third kappa shape index (κ3) is 1.60. The number of fused-ring (bicyclic) bond motifs is 3. The molecule has 0 saturated heterocycles. The molecule has 1 N–H and O–H groups in total. The van der Waals surface area contributed by atoms with Gasteiger partial charge in [0, 0.05) is 23.9 Å². The molecule has 19 heavy (non-hydrogen) atoms. The summed E-state index contributed by atoms with van der Waals surface area (Å²) >= 11 is 0. The Bertz CT molecular complexity index is 855. The van der Waals surface area contributed by atoms with Crippen LogP contribution in [0.2, 0.25) is 0 Å². The van der Waals surface area contributed by atoms with E-state index in [1.165, 1.54) is 6.07 Å². The normalized spacial score (nSPS) is 11.6. The maximum atomic E-state index is 12.0. The molecule has 0 aliphatic heterocycles. The summed E-state index contributed by atoms with van der Waals surface area (Å²) in [5, 5.41) is 11.3. The van der Waals surface area contributed by atoms with E-state index in [1.54, 1.807) is 11.6 Å². The summed E-state index contributed by atoms with van der Waals surface area (Å²) in [5.74, 6) is 0.812. The van der Waals surface area contributed by atoms with E-state index >= 15 is 0 Å². The van der Waals surface area contributed by atoms with Crippen LogP contribution in [0.3, 0.4) is 0 Å².